The molecule has 144 valence electrons. The minimum absolute atomic E-state index is 0.0485. The summed E-state index contributed by atoms with van der Waals surface area (Å²) in [4.78, 5) is 20.8. The van der Waals surface area contributed by atoms with Gasteiger partial charge in [0.05, 0.1) is 4.90 Å². The van der Waals surface area contributed by atoms with Gasteiger partial charge in [-0.1, -0.05) is 28.1 Å². The van der Waals surface area contributed by atoms with Crippen LogP contribution < -0.4 is 9.62 Å². The fraction of sp³-hybridized carbons (Fsp3) is 0.333. The van der Waals surface area contributed by atoms with E-state index in [0.29, 0.717) is 30.7 Å². The average Bonchev–Trinajstić information content (AvgIpc) is 2.68. The van der Waals surface area contributed by atoms with Crippen LogP contribution in [0.1, 0.15) is 6.42 Å². The first-order chi connectivity index (χ1) is 13.0. The number of sulfonamides is 1. The number of rotatable bonds is 6. The van der Waals surface area contributed by atoms with Gasteiger partial charge >= 0.3 is 0 Å². The van der Waals surface area contributed by atoms with Gasteiger partial charge in [-0.2, -0.15) is 0 Å². The number of hydrogen-bond donors (Lipinski definition) is 1. The van der Waals surface area contributed by atoms with Crippen molar-refractivity contribution < 1.29 is 13.2 Å². The van der Waals surface area contributed by atoms with Crippen LogP contribution >= 0.6 is 15.9 Å². The van der Waals surface area contributed by atoms with E-state index < -0.39 is 10.0 Å². The van der Waals surface area contributed by atoms with Crippen molar-refractivity contribution in [2.75, 3.05) is 37.6 Å². The van der Waals surface area contributed by atoms with Crippen molar-refractivity contribution in [2.45, 2.75) is 11.3 Å². The molecule has 0 aliphatic carbocycles. The van der Waals surface area contributed by atoms with Crippen molar-refractivity contribution >= 4 is 37.7 Å². The predicted octanol–water partition coefficient (Wildman–Crippen LogP) is 1.86. The Balaban J connectivity index is 1.46. The molecule has 9 heteroatoms. The summed E-state index contributed by atoms with van der Waals surface area (Å²) in [5.41, 5.74) is 0. The number of anilines is 1. The number of benzene rings is 1. The second kappa shape index (κ2) is 8.81. The summed E-state index contributed by atoms with van der Waals surface area (Å²) in [6, 6.07) is 12.2. The van der Waals surface area contributed by atoms with Crippen LogP contribution in [0.4, 0.5) is 5.82 Å². The molecule has 7 nitrogen and oxygen atoms in total. The molecular weight excluding hydrogens is 432 g/mol. The maximum Gasteiger partial charge on any atom is 0.240 e. The number of pyridine rings is 1. The zero-order chi connectivity index (χ0) is 19.3. The minimum atomic E-state index is -3.62. The lowest BCUT2D eigenvalue weighted by molar-refractivity contribution is -0.131. The van der Waals surface area contributed by atoms with Gasteiger partial charge in [-0.25, -0.2) is 18.1 Å². The van der Waals surface area contributed by atoms with E-state index >= 15 is 0 Å². The van der Waals surface area contributed by atoms with Gasteiger partial charge in [0.2, 0.25) is 15.9 Å². The molecule has 1 aromatic heterocycles. The molecular formula is C18H21BrN4O3S. The molecule has 2 aromatic rings. The maximum atomic E-state index is 12.4. The zero-order valence-corrected chi connectivity index (χ0v) is 17.1. The summed E-state index contributed by atoms with van der Waals surface area (Å²) < 4.78 is 27.7. The molecule has 0 spiro atoms. The number of nitrogens with zero attached hydrogens (tertiary/aromatic N) is 3. The molecule has 1 amide bonds. The first-order valence-electron chi connectivity index (χ1n) is 8.65. The largest absolute Gasteiger partial charge is 0.353 e. The Bertz CT molecular complexity index is 884. The van der Waals surface area contributed by atoms with Crippen LogP contribution in [0.3, 0.4) is 0 Å². The molecule has 1 aliphatic heterocycles. The average molecular weight is 453 g/mol. The highest BCUT2D eigenvalue weighted by atomic mass is 79.9. The van der Waals surface area contributed by atoms with Gasteiger partial charge in [-0.3, -0.25) is 4.79 Å². The van der Waals surface area contributed by atoms with E-state index in [1.54, 1.807) is 23.2 Å². The monoisotopic (exact) mass is 452 g/mol. The second-order valence-corrected chi connectivity index (χ2v) is 8.84. The fourth-order valence-corrected chi connectivity index (χ4v) is 4.52. The van der Waals surface area contributed by atoms with Gasteiger partial charge in [0.25, 0.3) is 0 Å². The highest BCUT2D eigenvalue weighted by Gasteiger charge is 2.22. The molecule has 1 aromatic carbocycles. The van der Waals surface area contributed by atoms with Crippen LogP contribution in [-0.4, -0.2) is 56.9 Å². The molecule has 0 bridgehead atoms. The van der Waals surface area contributed by atoms with Gasteiger partial charge < -0.3 is 9.80 Å². The molecule has 1 N–H and O–H groups in total. The highest BCUT2D eigenvalue weighted by Crippen LogP contribution is 2.16. The van der Waals surface area contributed by atoms with E-state index in [1.165, 1.54) is 12.1 Å². The Labute approximate surface area is 167 Å². The third-order valence-electron chi connectivity index (χ3n) is 4.34. The van der Waals surface area contributed by atoms with Crippen molar-refractivity contribution in [2.24, 2.45) is 0 Å². The van der Waals surface area contributed by atoms with Crippen molar-refractivity contribution in [3.63, 3.8) is 0 Å². The van der Waals surface area contributed by atoms with Crippen molar-refractivity contribution in [1.82, 2.24) is 14.6 Å². The summed E-state index contributed by atoms with van der Waals surface area (Å²) in [7, 11) is -3.62. The summed E-state index contributed by atoms with van der Waals surface area (Å²) in [5.74, 6) is 0.860. The van der Waals surface area contributed by atoms with Gasteiger partial charge in [-0.15, -0.1) is 0 Å². The number of nitrogens with one attached hydrogen (secondary N) is 1. The van der Waals surface area contributed by atoms with Crippen LogP contribution in [0, 0.1) is 0 Å². The molecule has 1 fully saturated rings. The van der Waals surface area contributed by atoms with Gasteiger partial charge in [0.1, 0.15) is 5.82 Å². The van der Waals surface area contributed by atoms with Crippen molar-refractivity contribution in [3.8, 4) is 0 Å². The molecule has 27 heavy (non-hydrogen) atoms. The number of halogens is 1. The SMILES string of the molecule is O=C(CCNS(=O)(=O)c1cccc(Br)c1)N1CCN(c2ccccn2)CC1. The number of piperazine rings is 1. The Morgan fingerprint density at radius 1 is 1.11 bits per heavy atom. The number of carbonyl (C=O) groups is 1. The van der Waals surface area contributed by atoms with Crippen LogP contribution in [0.2, 0.25) is 0 Å². The lowest BCUT2D eigenvalue weighted by Gasteiger charge is -2.35. The van der Waals surface area contributed by atoms with E-state index in [2.05, 4.69) is 30.5 Å². The molecule has 0 saturated carbocycles. The van der Waals surface area contributed by atoms with E-state index in [-0.39, 0.29) is 23.8 Å². The number of aromatic nitrogens is 1. The van der Waals surface area contributed by atoms with E-state index in [4.69, 9.17) is 0 Å². The lowest BCUT2D eigenvalue weighted by Crippen LogP contribution is -2.49. The quantitative estimate of drug-likeness (QED) is 0.722. The lowest BCUT2D eigenvalue weighted by atomic mass is 10.2. The first-order valence-corrected chi connectivity index (χ1v) is 10.9. The van der Waals surface area contributed by atoms with Crippen LogP contribution in [0.15, 0.2) is 58.0 Å². The number of carbonyl (C=O) groups excluding carboxylic acids is 1. The van der Waals surface area contributed by atoms with E-state index in [0.717, 1.165) is 5.82 Å². The summed E-state index contributed by atoms with van der Waals surface area (Å²) in [6.45, 7) is 2.72. The van der Waals surface area contributed by atoms with Crippen molar-refractivity contribution in [1.29, 1.82) is 0 Å². The molecule has 3 rings (SSSR count). The Morgan fingerprint density at radius 3 is 2.56 bits per heavy atom. The third-order valence-corrected chi connectivity index (χ3v) is 6.29. The second-order valence-electron chi connectivity index (χ2n) is 6.16. The van der Waals surface area contributed by atoms with Gasteiger partial charge in [-0.05, 0) is 30.3 Å². The molecule has 0 unspecified atom stereocenters. The van der Waals surface area contributed by atoms with Crippen LogP contribution in [-0.2, 0) is 14.8 Å². The van der Waals surface area contributed by atoms with Crippen molar-refractivity contribution in [3.05, 3.63) is 53.1 Å². The molecule has 0 atom stereocenters. The van der Waals surface area contributed by atoms with E-state index in [1.807, 2.05) is 18.2 Å². The van der Waals surface area contributed by atoms with Gasteiger partial charge in [0.15, 0.2) is 0 Å². The van der Waals surface area contributed by atoms with Crippen LogP contribution in [0.5, 0.6) is 0 Å². The maximum absolute atomic E-state index is 12.4. The standard InChI is InChI=1S/C18H21BrN4O3S/c19-15-4-3-5-16(14-15)27(25,26)21-9-7-18(24)23-12-10-22(11-13-23)17-6-1-2-8-20-17/h1-6,8,14,21H,7,9-13H2. The molecule has 1 saturated heterocycles. The number of amides is 1. The summed E-state index contributed by atoms with van der Waals surface area (Å²) in [5, 5.41) is 0. The Hall–Kier alpha value is -1.97. The smallest absolute Gasteiger partial charge is 0.240 e. The Kier molecular flexibility index (Phi) is 6.46. The summed E-state index contributed by atoms with van der Waals surface area (Å²) in [6.07, 6.45) is 1.89. The van der Waals surface area contributed by atoms with Gasteiger partial charge in [0, 0.05) is 49.8 Å². The normalized spacial score (nSPS) is 15.0. The zero-order valence-electron chi connectivity index (χ0n) is 14.7. The fourth-order valence-electron chi connectivity index (χ4n) is 2.89. The first kappa shape index (κ1) is 19.8. The van der Waals surface area contributed by atoms with Crippen LogP contribution in [0.25, 0.3) is 0 Å². The number of hydrogen-bond acceptors (Lipinski definition) is 5. The third kappa shape index (κ3) is 5.27. The summed E-state index contributed by atoms with van der Waals surface area (Å²) >= 11 is 3.26. The van der Waals surface area contributed by atoms with E-state index in [9.17, 15) is 13.2 Å². The highest BCUT2D eigenvalue weighted by molar-refractivity contribution is 9.10. The molecule has 1 aliphatic rings. The molecule has 2 heterocycles. The predicted molar refractivity (Wildman–Crippen MR) is 107 cm³/mol. The molecule has 0 radical (unpaired) electrons. The minimum Gasteiger partial charge on any atom is -0.353 e. The Morgan fingerprint density at radius 2 is 1.89 bits per heavy atom. The topological polar surface area (TPSA) is 82.6 Å².